The van der Waals surface area contributed by atoms with Crippen LogP contribution in [0.2, 0.25) is 0 Å². The zero-order chi connectivity index (χ0) is 13.1. The highest BCUT2D eigenvalue weighted by molar-refractivity contribution is 5.81. The SMILES string of the molecule is O=C1CCCC=CCOCCCCC(=O)CCC1. The van der Waals surface area contributed by atoms with E-state index in [1.54, 1.807) is 0 Å². The van der Waals surface area contributed by atoms with Gasteiger partial charge in [0, 0.05) is 32.3 Å². The molecule has 1 aliphatic rings. The second-order valence-electron chi connectivity index (χ2n) is 4.83. The molecular formula is C15H24O3. The number of carbonyl (C=O) groups excluding carboxylic acids is 2. The van der Waals surface area contributed by atoms with Crippen molar-refractivity contribution in [3.05, 3.63) is 12.2 Å². The number of Topliss-reactive ketones (excluding diaryl/α,β-unsaturated/α-hetero) is 2. The standard InChI is InChI=1S/C15H24O3/c16-14-8-3-1-2-5-12-18-13-6-4-9-15(17)11-7-10-14/h2,5H,1,3-4,6-13H2. The van der Waals surface area contributed by atoms with Gasteiger partial charge in [0.05, 0.1) is 6.61 Å². The zero-order valence-corrected chi connectivity index (χ0v) is 11.2. The van der Waals surface area contributed by atoms with Gasteiger partial charge in [-0.15, -0.1) is 0 Å². The van der Waals surface area contributed by atoms with Crippen molar-refractivity contribution in [2.24, 2.45) is 0 Å². The summed E-state index contributed by atoms with van der Waals surface area (Å²) in [5.41, 5.74) is 0. The van der Waals surface area contributed by atoms with Crippen LogP contribution in [0.15, 0.2) is 12.2 Å². The van der Waals surface area contributed by atoms with Crippen LogP contribution in [0.3, 0.4) is 0 Å². The molecule has 1 rings (SSSR count). The van der Waals surface area contributed by atoms with E-state index < -0.39 is 0 Å². The molecule has 0 spiro atoms. The fourth-order valence-electron chi connectivity index (χ4n) is 2.01. The van der Waals surface area contributed by atoms with Gasteiger partial charge in [-0.25, -0.2) is 0 Å². The molecule has 0 saturated carbocycles. The monoisotopic (exact) mass is 252 g/mol. The molecule has 0 aromatic carbocycles. The van der Waals surface area contributed by atoms with Crippen LogP contribution in [0.1, 0.15) is 57.8 Å². The molecule has 0 aliphatic carbocycles. The van der Waals surface area contributed by atoms with Gasteiger partial charge in [-0.05, 0) is 32.1 Å². The summed E-state index contributed by atoms with van der Waals surface area (Å²) < 4.78 is 5.43. The number of rotatable bonds is 0. The highest BCUT2D eigenvalue weighted by Crippen LogP contribution is 2.08. The minimum absolute atomic E-state index is 0.287. The summed E-state index contributed by atoms with van der Waals surface area (Å²) in [6, 6.07) is 0. The average Bonchev–Trinajstić information content (AvgIpc) is 2.34. The molecule has 102 valence electrons. The third-order valence-electron chi connectivity index (χ3n) is 3.11. The fraction of sp³-hybridized carbons (Fsp3) is 0.733. The van der Waals surface area contributed by atoms with Crippen molar-refractivity contribution in [1.82, 2.24) is 0 Å². The topological polar surface area (TPSA) is 43.4 Å². The predicted molar refractivity (Wildman–Crippen MR) is 71.5 cm³/mol. The highest BCUT2D eigenvalue weighted by Gasteiger charge is 2.05. The number of hydrogen-bond donors (Lipinski definition) is 0. The minimum atomic E-state index is 0.287. The number of hydrogen-bond acceptors (Lipinski definition) is 3. The van der Waals surface area contributed by atoms with Gasteiger partial charge >= 0.3 is 0 Å². The number of ketones is 2. The molecule has 0 N–H and O–H groups in total. The van der Waals surface area contributed by atoms with Gasteiger partial charge in [-0.1, -0.05) is 12.2 Å². The third kappa shape index (κ3) is 8.18. The van der Waals surface area contributed by atoms with E-state index >= 15 is 0 Å². The number of carbonyl (C=O) groups is 2. The summed E-state index contributed by atoms with van der Waals surface area (Å²) >= 11 is 0. The fourth-order valence-corrected chi connectivity index (χ4v) is 2.01. The average molecular weight is 252 g/mol. The number of ether oxygens (including phenoxy) is 1. The Hall–Kier alpha value is -0.960. The van der Waals surface area contributed by atoms with Crippen molar-refractivity contribution in [3.8, 4) is 0 Å². The van der Waals surface area contributed by atoms with Crippen LogP contribution < -0.4 is 0 Å². The van der Waals surface area contributed by atoms with E-state index in [1.165, 1.54) is 0 Å². The van der Waals surface area contributed by atoms with Crippen LogP contribution in [0.5, 0.6) is 0 Å². The molecule has 0 atom stereocenters. The third-order valence-corrected chi connectivity index (χ3v) is 3.11. The molecule has 3 nitrogen and oxygen atoms in total. The summed E-state index contributed by atoms with van der Waals surface area (Å²) in [4.78, 5) is 23.0. The molecule has 0 aromatic rings. The van der Waals surface area contributed by atoms with Crippen LogP contribution in [-0.4, -0.2) is 24.8 Å². The van der Waals surface area contributed by atoms with Gasteiger partial charge in [0.2, 0.25) is 0 Å². The number of allylic oxidation sites excluding steroid dienone is 1. The Morgan fingerprint density at radius 2 is 1.44 bits per heavy atom. The van der Waals surface area contributed by atoms with Crippen molar-refractivity contribution in [1.29, 1.82) is 0 Å². The lowest BCUT2D eigenvalue weighted by atomic mass is 10.0. The summed E-state index contributed by atoms with van der Waals surface area (Å²) in [7, 11) is 0. The Morgan fingerprint density at radius 3 is 2.22 bits per heavy atom. The Kier molecular flexibility index (Phi) is 8.40. The molecule has 0 radical (unpaired) electrons. The van der Waals surface area contributed by atoms with Crippen LogP contribution in [0.4, 0.5) is 0 Å². The Bertz CT molecular complexity index is 281. The second-order valence-corrected chi connectivity index (χ2v) is 4.83. The van der Waals surface area contributed by atoms with Crippen molar-refractivity contribution in [3.63, 3.8) is 0 Å². The first-order chi connectivity index (χ1) is 8.79. The van der Waals surface area contributed by atoms with Gasteiger partial charge in [0.25, 0.3) is 0 Å². The first kappa shape index (κ1) is 15.1. The van der Waals surface area contributed by atoms with Crippen molar-refractivity contribution < 1.29 is 14.3 Å². The maximum Gasteiger partial charge on any atom is 0.132 e. The zero-order valence-electron chi connectivity index (χ0n) is 11.2. The predicted octanol–water partition coefficient (Wildman–Crippen LogP) is 3.22. The van der Waals surface area contributed by atoms with Gasteiger partial charge in [0.1, 0.15) is 11.6 Å². The van der Waals surface area contributed by atoms with Crippen LogP contribution in [0.25, 0.3) is 0 Å². The van der Waals surface area contributed by atoms with E-state index in [1.807, 2.05) is 6.08 Å². The largest absolute Gasteiger partial charge is 0.377 e. The quantitative estimate of drug-likeness (QED) is 0.622. The molecule has 0 unspecified atom stereocenters. The molecule has 1 aliphatic heterocycles. The molecular weight excluding hydrogens is 228 g/mol. The van der Waals surface area contributed by atoms with E-state index in [-0.39, 0.29) is 5.78 Å². The molecule has 0 amide bonds. The summed E-state index contributed by atoms with van der Waals surface area (Å²) in [5.74, 6) is 0.578. The highest BCUT2D eigenvalue weighted by atomic mass is 16.5. The summed E-state index contributed by atoms with van der Waals surface area (Å²) in [6.45, 7) is 1.37. The lowest BCUT2D eigenvalue weighted by Crippen LogP contribution is -2.03. The van der Waals surface area contributed by atoms with Gasteiger partial charge in [0.15, 0.2) is 0 Å². The maximum absolute atomic E-state index is 11.5. The molecule has 18 heavy (non-hydrogen) atoms. The van der Waals surface area contributed by atoms with Crippen molar-refractivity contribution in [2.45, 2.75) is 57.8 Å². The van der Waals surface area contributed by atoms with Gasteiger partial charge in [-0.3, -0.25) is 9.59 Å². The maximum atomic E-state index is 11.5. The molecule has 0 fully saturated rings. The van der Waals surface area contributed by atoms with Gasteiger partial charge in [-0.2, -0.15) is 0 Å². The summed E-state index contributed by atoms with van der Waals surface area (Å²) in [5, 5.41) is 0. The minimum Gasteiger partial charge on any atom is -0.377 e. The normalized spacial score (nSPS) is 22.0. The molecule has 1 heterocycles. The second kappa shape index (κ2) is 10.0. The van der Waals surface area contributed by atoms with E-state index in [0.717, 1.165) is 38.7 Å². The van der Waals surface area contributed by atoms with E-state index in [4.69, 9.17) is 4.74 Å². The Labute approximate surface area is 110 Å². The van der Waals surface area contributed by atoms with E-state index in [0.29, 0.717) is 38.1 Å². The van der Waals surface area contributed by atoms with E-state index in [2.05, 4.69) is 6.08 Å². The molecule has 3 heteroatoms. The van der Waals surface area contributed by atoms with Crippen molar-refractivity contribution >= 4 is 11.6 Å². The van der Waals surface area contributed by atoms with Crippen LogP contribution in [0, 0.1) is 0 Å². The first-order valence-electron chi connectivity index (χ1n) is 7.05. The van der Waals surface area contributed by atoms with Gasteiger partial charge < -0.3 is 4.74 Å². The lowest BCUT2D eigenvalue weighted by Gasteiger charge is -2.04. The smallest absolute Gasteiger partial charge is 0.132 e. The van der Waals surface area contributed by atoms with E-state index in [9.17, 15) is 9.59 Å². The Morgan fingerprint density at radius 1 is 0.778 bits per heavy atom. The first-order valence-corrected chi connectivity index (χ1v) is 7.05. The molecule has 0 bridgehead atoms. The van der Waals surface area contributed by atoms with Crippen LogP contribution >= 0.6 is 0 Å². The lowest BCUT2D eigenvalue weighted by molar-refractivity contribution is -0.120. The van der Waals surface area contributed by atoms with Crippen molar-refractivity contribution in [2.75, 3.05) is 13.2 Å². The van der Waals surface area contributed by atoms with Crippen LogP contribution in [-0.2, 0) is 14.3 Å². The molecule has 0 aromatic heterocycles. The molecule has 0 saturated heterocycles. The Balaban J connectivity index is 2.29. The summed E-state index contributed by atoms with van der Waals surface area (Å²) in [6.07, 6.45) is 10.9.